The van der Waals surface area contributed by atoms with Crippen LogP contribution in [0.2, 0.25) is 5.02 Å². The van der Waals surface area contributed by atoms with Crippen LogP contribution < -0.4 is 11.1 Å². The Morgan fingerprint density at radius 3 is 2.33 bits per heavy atom. The molecule has 0 fully saturated rings. The molecule has 0 aliphatic heterocycles. The van der Waals surface area contributed by atoms with Crippen LogP contribution in [-0.2, 0) is 0 Å². The average Bonchev–Trinajstić information content (AvgIpc) is 2.72. The SMILES string of the molecule is CCC(CO)NC(=O)c1ccc(C(/C=C(\N)C(F)(F)F)=Nc2ccccc2Cl)cc1. The molecule has 0 heterocycles. The molecule has 0 aliphatic rings. The Balaban J connectivity index is 2.42. The summed E-state index contributed by atoms with van der Waals surface area (Å²) in [6.07, 6.45) is -3.45. The van der Waals surface area contributed by atoms with E-state index >= 15 is 0 Å². The lowest BCUT2D eigenvalue weighted by molar-refractivity contribution is -0.0925. The number of allylic oxidation sites excluding steroid dienone is 2. The molecule has 30 heavy (non-hydrogen) atoms. The molecule has 0 saturated carbocycles. The van der Waals surface area contributed by atoms with Crippen molar-refractivity contribution in [1.82, 2.24) is 5.32 Å². The number of aliphatic imine (C=N–C) groups is 1. The van der Waals surface area contributed by atoms with Gasteiger partial charge in [0.1, 0.15) is 5.70 Å². The Kier molecular flexibility index (Phi) is 8.02. The zero-order chi connectivity index (χ0) is 22.3. The molecule has 2 aromatic rings. The van der Waals surface area contributed by atoms with Crippen LogP contribution in [0.1, 0.15) is 29.3 Å². The number of hydrogen-bond donors (Lipinski definition) is 3. The van der Waals surface area contributed by atoms with E-state index in [4.69, 9.17) is 17.3 Å². The highest BCUT2D eigenvalue weighted by Gasteiger charge is 2.31. The summed E-state index contributed by atoms with van der Waals surface area (Å²) in [5.41, 5.74) is 4.67. The van der Waals surface area contributed by atoms with E-state index in [0.29, 0.717) is 12.0 Å². The molecule has 160 valence electrons. The number of carbonyl (C=O) groups is 1. The number of nitrogens with zero attached hydrogens (tertiary/aromatic N) is 1. The van der Waals surface area contributed by atoms with Crippen LogP contribution in [0, 0.1) is 0 Å². The minimum Gasteiger partial charge on any atom is -0.395 e. The molecule has 0 spiro atoms. The summed E-state index contributed by atoms with van der Waals surface area (Å²) in [6, 6.07) is 11.9. The monoisotopic (exact) mass is 439 g/mol. The number of nitrogens with one attached hydrogen (secondary N) is 1. The lowest BCUT2D eigenvalue weighted by Crippen LogP contribution is -2.36. The first-order chi connectivity index (χ1) is 14.2. The fraction of sp³-hybridized carbons (Fsp3) is 0.238. The smallest absolute Gasteiger partial charge is 0.395 e. The number of alkyl halides is 3. The van der Waals surface area contributed by atoms with Crippen LogP contribution in [0.15, 0.2) is 65.3 Å². The van der Waals surface area contributed by atoms with Gasteiger partial charge in [0.25, 0.3) is 5.91 Å². The van der Waals surface area contributed by atoms with Gasteiger partial charge in [-0.3, -0.25) is 4.79 Å². The van der Waals surface area contributed by atoms with Gasteiger partial charge in [-0.15, -0.1) is 0 Å². The van der Waals surface area contributed by atoms with Gasteiger partial charge in [-0.05, 0) is 36.8 Å². The van der Waals surface area contributed by atoms with Crippen LogP contribution in [0.4, 0.5) is 18.9 Å². The highest BCUT2D eigenvalue weighted by molar-refractivity contribution is 6.33. The van der Waals surface area contributed by atoms with Gasteiger partial charge in [0.05, 0.1) is 29.1 Å². The molecule has 2 aromatic carbocycles. The molecule has 1 unspecified atom stereocenters. The van der Waals surface area contributed by atoms with Crippen molar-refractivity contribution in [2.45, 2.75) is 25.6 Å². The first-order valence-corrected chi connectivity index (χ1v) is 9.43. The molecule has 0 aromatic heterocycles. The van der Waals surface area contributed by atoms with Crippen molar-refractivity contribution in [3.05, 3.63) is 76.5 Å². The average molecular weight is 440 g/mol. The van der Waals surface area contributed by atoms with E-state index < -0.39 is 17.8 Å². The van der Waals surface area contributed by atoms with Gasteiger partial charge >= 0.3 is 6.18 Å². The zero-order valence-corrected chi connectivity index (χ0v) is 16.8. The van der Waals surface area contributed by atoms with Crippen molar-refractivity contribution in [1.29, 1.82) is 0 Å². The predicted molar refractivity (Wildman–Crippen MR) is 111 cm³/mol. The van der Waals surface area contributed by atoms with E-state index in [1.54, 1.807) is 24.3 Å². The minimum atomic E-state index is -4.72. The third-order valence-electron chi connectivity index (χ3n) is 4.20. The van der Waals surface area contributed by atoms with Crippen molar-refractivity contribution in [3.8, 4) is 0 Å². The Morgan fingerprint density at radius 2 is 1.80 bits per heavy atom. The molecule has 2 rings (SSSR count). The molecule has 0 aliphatic carbocycles. The number of hydrogen-bond acceptors (Lipinski definition) is 4. The highest BCUT2D eigenvalue weighted by atomic mass is 35.5. The van der Waals surface area contributed by atoms with E-state index in [-0.39, 0.29) is 34.6 Å². The maximum atomic E-state index is 13.0. The minimum absolute atomic E-state index is 0.0633. The Labute approximate surface area is 177 Å². The summed E-state index contributed by atoms with van der Waals surface area (Å²) in [4.78, 5) is 16.5. The van der Waals surface area contributed by atoms with Crippen molar-refractivity contribution in [3.63, 3.8) is 0 Å². The molecular weight excluding hydrogens is 419 g/mol. The molecule has 4 N–H and O–H groups in total. The van der Waals surface area contributed by atoms with Gasteiger partial charge in [-0.1, -0.05) is 42.8 Å². The molecule has 0 saturated heterocycles. The second-order valence-electron chi connectivity index (χ2n) is 6.38. The molecule has 0 radical (unpaired) electrons. The van der Waals surface area contributed by atoms with Crippen molar-refractivity contribution in [2.24, 2.45) is 10.7 Å². The highest BCUT2D eigenvalue weighted by Crippen LogP contribution is 2.27. The third-order valence-corrected chi connectivity index (χ3v) is 4.52. The van der Waals surface area contributed by atoms with E-state index in [9.17, 15) is 23.1 Å². The number of aliphatic hydroxyl groups excluding tert-OH is 1. The summed E-state index contributed by atoms with van der Waals surface area (Å²) in [5, 5.41) is 12.1. The predicted octanol–water partition coefficient (Wildman–Crippen LogP) is 4.37. The molecule has 1 atom stereocenters. The summed E-state index contributed by atoms with van der Waals surface area (Å²) < 4.78 is 38.9. The van der Waals surface area contributed by atoms with Crippen LogP contribution >= 0.6 is 11.6 Å². The number of halogens is 4. The van der Waals surface area contributed by atoms with E-state index in [1.807, 2.05) is 6.92 Å². The first-order valence-electron chi connectivity index (χ1n) is 9.05. The molecule has 5 nitrogen and oxygen atoms in total. The van der Waals surface area contributed by atoms with Gasteiger partial charge in [0.2, 0.25) is 0 Å². The van der Waals surface area contributed by atoms with Crippen molar-refractivity contribution in [2.75, 3.05) is 6.61 Å². The second-order valence-corrected chi connectivity index (χ2v) is 6.79. The van der Waals surface area contributed by atoms with Gasteiger partial charge in [0.15, 0.2) is 0 Å². The normalized spacial score (nSPS) is 13.8. The maximum Gasteiger partial charge on any atom is 0.430 e. The Hall–Kier alpha value is -2.84. The lowest BCUT2D eigenvalue weighted by atomic mass is 10.1. The van der Waals surface area contributed by atoms with Crippen molar-refractivity contribution < 1.29 is 23.1 Å². The van der Waals surface area contributed by atoms with E-state index in [1.165, 1.54) is 24.3 Å². The summed E-state index contributed by atoms with van der Waals surface area (Å²) >= 11 is 6.07. The number of carbonyl (C=O) groups excluding carboxylic acids is 1. The zero-order valence-electron chi connectivity index (χ0n) is 16.1. The van der Waals surface area contributed by atoms with Crippen molar-refractivity contribution >= 4 is 28.9 Å². The standard InChI is InChI=1S/C21H21ClF3N3O2/c1-2-15(12-29)27-20(30)14-9-7-13(8-10-14)18(11-19(26)21(23,24)25)28-17-6-4-3-5-16(17)22/h3-11,15,29H,2,12,26H2,1H3,(H,27,30)/b19-11-,28-18?. The van der Waals surface area contributed by atoms with Crippen LogP contribution in [0.3, 0.4) is 0 Å². The number of aliphatic hydroxyl groups is 1. The maximum absolute atomic E-state index is 13.0. The second kappa shape index (κ2) is 10.3. The molecular formula is C21H21ClF3N3O2. The summed E-state index contributed by atoms with van der Waals surface area (Å²) in [7, 11) is 0. The molecule has 1 amide bonds. The number of benzene rings is 2. The Bertz CT molecular complexity index is 937. The molecule has 9 heteroatoms. The number of amides is 1. The largest absolute Gasteiger partial charge is 0.430 e. The summed E-state index contributed by atoms with van der Waals surface area (Å²) in [6.45, 7) is 1.62. The van der Waals surface area contributed by atoms with Gasteiger partial charge in [0, 0.05) is 11.1 Å². The van der Waals surface area contributed by atoms with Crippen LogP contribution in [0.25, 0.3) is 0 Å². The van der Waals surface area contributed by atoms with Gasteiger partial charge in [-0.25, -0.2) is 4.99 Å². The van der Waals surface area contributed by atoms with Crippen LogP contribution in [-0.4, -0.2) is 35.6 Å². The Morgan fingerprint density at radius 1 is 1.20 bits per heavy atom. The van der Waals surface area contributed by atoms with Gasteiger partial charge < -0.3 is 16.2 Å². The lowest BCUT2D eigenvalue weighted by Gasteiger charge is -2.14. The number of para-hydroxylation sites is 1. The van der Waals surface area contributed by atoms with Crippen LogP contribution in [0.5, 0.6) is 0 Å². The van der Waals surface area contributed by atoms with E-state index in [0.717, 1.165) is 6.08 Å². The topological polar surface area (TPSA) is 87.7 Å². The molecule has 0 bridgehead atoms. The number of rotatable bonds is 7. The van der Waals surface area contributed by atoms with E-state index in [2.05, 4.69) is 10.3 Å². The third kappa shape index (κ3) is 6.33. The first kappa shape index (κ1) is 23.4. The van der Waals surface area contributed by atoms with Gasteiger partial charge in [-0.2, -0.15) is 13.2 Å². The quantitative estimate of drug-likeness (QED) is 0.560. The number of nitrogens with two attached hydrogens (primary N) is 1. The summed E-state index contributed by atoms with van der Waals surface area (Å²) in [5.74, 6) is -0.405. The fourth-order valence-corrected chi connectivity index (χ4v) is 2.60. The fourth-order valence-electron chi connectivity index (χ4n) is 2.42.